The molecular formula is C5H13O2P. The fourth-order valence-electron chi connectivity index (χ4n) is 0.528. The lowest BCUT2D eigenvalue weighted by Crippen LogP contribution is -2.10. The Morgan fingerprint density at radius 1 is 1.75 bits per heavy atom. The SMILES string of the molecule is CCCC(O)COP. The van der Waals surface area contributed by atoms with Crippen molar-refractivity contribution in [3.8, 4) is 0 Å². The maximum atomic E-state index is 8.91. The highest BCUT2D eigenvalue weighted by molar-refractivity contribution is 7.09. The molecule has 0 radical (unpaired) electrons. The van der Waals surface area contributed by atoms with Crippen LogP contribution in [0.5, 0.6) is 0 Å². The quantitative estimate of drug-likeness (QED) is 0.583. The summed E-state index contributed by atoms with van der Waals surface area (Å²) in [5, 5.41) is 8.91. The molecule has 0 aromatic heterocycles. The molecule has 0 heterocycles. The molecule has 1 N–H and O–H groups in total. The monoisotopic (exact) mass is 136 g/mol. The van der Waals surface area contributed by atoms with Gasteiger partial charge in [0.1, 0.15) is 0 Å². The molecule has 0 spiro atoms. The predicted octanol–water partition coefficient (Wildman–Crippen LogP) is 0.954. The molecule has 3 heteroatoms. The molecule has 0 fully saturated rings. The molecule has 0 amide bonds. The summed E-state index contributed by atoms with van der Waals surface area (Å²) in [6, 6.07) is 0. The number of aliphatic hydroxyl groups is 1. The van der Waals surface area contributed by atoms with E-state index in [1.807, 2.05) is 6.92 Å². The van der Waals surface area contributed by atoms with Gasteiger partial charge in [0.25, 0.3) is 0 Å². The fourth-order valence-corrected chi connectivity index (χ4v) is 0.750. The molecule has 8 heavy (non-hydrogen) atoms. The van der Waals surface area contributed by atoms with Gasteiger partial charge in [0.2, 0.25) is 0 Å². The minimum Gasteiger partial charge on any atom is -0.391 e. The number of rotatable bonds is 4. The summed E-state index contributed by atoms with van der Waals surface area (Å²) in [7, 11) is 2.11. The summed E-state index contributed by atoms with van der Waals surface area (Å²) in [6.07, 6.45) is 1.56. The zero-order valence-corrected chi connectivity index (χ0v) is 6.29. The third kappa shape index (κ3) is 4.51. The van der Waals surface area contributed by atoms with Crippen LogP contribution in [0.4, 0.5) is 0 Å². The molecule has 0 aliphatic rings. The summed E-state index contributed by atoms with van der Waals surface area (Å²) in [5.74, 6) is 0. The largest absolute Gasteiger partial charge is 0.391 e. The van der Waals surface area contributed by atoms with Gasteiger partial charge in [-0.15, -0.1) is 0 Å². The maximum Gasteiger partial charge on any atom is 0.0776 e. The Morgan fingerprint density at radius 2 is 2.38 bits per heavy atom. The Kier molecular flexibility index (Phi) is 5.73. The van der Waals surface area contributed by atoms with E-state index in [-0.39, 0.29) is 6.10 Å². The molecular weight excluding hydrogens is 123 g/mol. The number of hydrogen-bond donors (Lipinski definition) is 1. The molecule has 0 saturated carbocycles. The van der Waals surface area contributed by atoms with Gasteiger partial charge >= 0.3 is 0 Å². The predicted molar refractivity (Wildman–Crippen MR) is 36.6 cm³/mol. The van der Waals surface area contributed by atoms with Crippen molar-refractivity contribution in [1.29, 1.82) is 0 Å². The Balaban J connectivity index is 2.92. The van der Waals surface area contributed by atoms with Crippen molar-refractivity contribution in [3.05, 3.63) is 0 Å². The molecule has 2 nitrogen and oxygen atoms in total. The van der Waals surface area contributed by atoms with Gasteiger partial charge in [0.15, 0.2) is 0 Å². The summed E-state index contributed by atoms with van der Waals surface area (Å²) in [6.45, 7) is 2.46. The standard InChI is InChI=1S/C5H13O2P/c1-2-3-5(6)4-7-8/h5-6H,2-4,8H2,1H3. The minimum absolute atomic E-state index is 0.280. The van der Waals surface area contributed by atoms with E-state index < -0.39 is 0 Å². The average Bonchev–Trinajstić information content (AvgIpc) is 1.68. The Labute approximate surface area is 52.5 Å². The van der Waals surface area contributed by atoms with Gasteiger partial charge in [-0.3, -0.25) is 0 Å². The van der Waals surface area contributed by atoms with Gasteiger partial charge in [0, 0.05) is 9.47 Å². The molecule has 0 aromatic rings. The highest BCUT2D eigenvalue weighted by atomic mass is 31.0. The van der Waals surface area contributed by atoms with Crippen LogP contribution < -0.4 is 0 Å². The van der Waals surface area contributed by atoms with Crippen LogP contribution in [0.2, 0.25) is 0 Å². The van der Waals surface area contributed by atoms with Crippen molar-refractivity contribution >= 4 is 9.47 Å². The van der Waals surface area contributed by atoms with E-state index in [0.29, 0.717) is 6.61 Å². The lowest BCUT2D eigenvalue weighted by atomic mass is 10.2. The molecule has 0 saturated heterocycles. The van der Waals surface area contributed by atoms with Crippen LogP contribution >= 0.6 is 9.47 Å². The van der Waals surface area contributed by atoms with Crippen molar-refractivity contribution in [2.24, 2.45) is 0 Å². The van der Waals surface area contributed by atoms with Gasteiger partial charge in [-0.05, 0) is 6.42 Å². The van der Waals surface area contributed by atoms with E-state index in [2.05, 4.69) is 14.0 Å². The molecule has 0 aliphatic heterocycles. The third-order valence-electron chi connectivity index (χ3n) is 0.911. The molecule has 2 atom stereocenters. The molecule has 0 bridgehead atoms. The van der Waals surface area contributed by atoms with Crippen LogP contribution in [0.25, 0.3) is 0 Å². The van der Waals surface area contributed by atoms with Crippen LogP contribution in [-0.2, 0) is 4.52 Å². The lowest BCUT2D eigenvalue weighted by molar-refractivity contribution is 0.109. The minimum atomic E-state index is -0.280. The Bertz CT molecular complexity index is 43.7. The van der Waals surface area contributed by atoms with Gasteiger partial charge in [-0.2, -0.15) is 0 Å². The molecule has 0 rings (SSSR count). The van der Waals surface area contributed by atoms with Crippen LogP contribution in [0, 0.1) is 0 Å². The summed E-state index contributed by atoms with van der Waals surface area (Å²) in [4.78, 5) is 0. The second-order valence-electron chi connectivity index (χ2n) is 1.78. The van der Waals surface area contributed by atoms with E-state index in [1.54, 1.807) is 0 Å². The van der Waals surface area contributed by atoms with E-state index in [9.17, 15) is 0 Å². The molecule has 0 aromatic carbocycles. The molecule has 2 unspecified atom stereocenters. The third-order valence-corrected chi connectivity index (χ3v) is 1.10. The van der Waals surface area contributed by atoms with Crippen molar-refractivity contribution in [2.75, 3.05) is 6.61 Å². The first-order chi connectivity index (χ1) is 3.81. The summed E-state index contributed by atoms with van der Waals surface area (Å²) < 4.78 is 4.62. The van der Waals surface area contributed by atoms with E-state index in [4.69, 9.17) is 5.11 Å². The maximum absolute atomic E-state index is 8.91. The second-order valence-corrected chi connectivity index (χ2v) is 2.11. The highest BCUT2D eigenvalue weighted by Gasteiger charge is 1.98. The number of aliphatic hydroxyl groups excluding tert-OH is 1. The van der Waals surface area contributed by atoms with Gasteiger partial charge in [0.05, 0.1) is 12.7 Å². The lowest BCUT2D eigenvalue weighted by Gasteiger charge is -2.04. The fraction of sp³-hybridized carbons (Fsp3) is 1.00. The zero-order valence-electron chi connectivity index (χ0n) is 5.13. The molecule has 50 valence electrons. The first-order valence-electron chi connectivity index (χ1n) is 2.81. The first kappa shape index (κ1) is 8.35. The topological polar surface area (TPSA) is 29.5 Å². The van der Waals surface area contributed by atoms with Crippen molar-refractivity contribution in [1.82, 2.24) is 0 Å². The van der Waals surface area contributed by atoms with E-state index in [1.165, 1.54) is 0 Å². The molecule has 0 aliphatic carbocycles. The smallest absolute Gasteiger partial charge is 0.0776 e. The van der Waals surface area contributed by atoms with Crippen LogP contribution in [0.15, 0.2) is 0 Å². The highest BCUT2D eigenvalue weighted by Crippen LogP contribution is 1.97. The van der Waals surface area contributed by atoms with Crippen molar-refractivity contribution < 1.29 is 9.63 Å². The van der Waals surface area contributed by atoms with E-state index >= 15 is 0 Å². The number of hydrogen-bond acceptors (Lipinski definition) is 2. The van der Waals surface area contributed by atoms with Crippen LogP contribution in [0.1, 0.15) is 19.8 Å². The Morgan fingerprint density at radius 3 is 2.75 bits per heavy atom. The van der Waals surface area contributed by atoms with E-state index in [0.717, 1.165) is 12.8 Å². The second kappa shape index (κ2) is 5.49. The zero-order chi connectivity index (χ0) is 6.41. The first-order valence-corrected chi connectivity index (χ1v) is 3.28. The normalized spacial score (nSPS) is 13.9. The van der Waals surface area contributed by atoms with Crippen molar-refractivity contribution in [2.45, 2.75) is 25.9 Å². The Hall–Kier alpha value is 0.350. The van der Waals surface area contributed by atoms with Gasteiger partial charge in [-0.25, -0.2) is 0 Å². The average molecular weight is 136 g/mol. The summed E-state index contributed by atoms with van der Waals surface area (Å²) >= 11 is 0. The van der Waals surface area contributed by atoms with Crippen LogP contribution in [0.3, 0.4) is 0 Å². The van der Waals surface area contributed by atoms with Crippen molar-refractivity contribution in [3.63, 3.8) is 0 Å². The summed E-state index contributed by atoms with van der Waals surface area (Å²) in [5.41, 5.74) is 0. The van der Waals surface area contributed by atoms with Gasteiger partial charge < -0.3 is 9.63 Å². The van der Waals surface area contributed by atoms with Gasteiger partial charge in [-0.1, -0.05) is 13.3 Å². The van der Waals surface area contributed by atoms with Crippen LogP contribution in [-0.4, -0.2) is 17.8 Å².